The summed E-state index contributed by atoms with van der Waals surface area (Å²) >= 11 is 0. The van der Waals surface area contributed by atoms with Gasteiger partial charge in [-0.05, 0) is 18.6 Å². The van der Waals surface area contributed by atoms with Crippen LogP contribution in [0.2, 0.25) is 0 Å². The molecule has 0 spiro atoms. The lowest BCUT2D eigenvalue weighted by molar-refractivity contribution is 0.101. The molecule has 0 saturated heterocycles. The summed E-state index contributed by atoms with van der Waals surface area (Å²) in [6.45, 7) is 1.49. The number of ketones is 1. The fraction of sp³-hybridized carbons (Fsp3) is 0.100. The Morgan fingerprint density at radius 3 is 2.71 bits per heavy atom. The van der Waals surface area contributed by atoms with E-state index in [2.05, 4.69) is 0 Å². The van der Waals surface area contributed by atoms with Crippen molar-refractivity contribution in [2.75, 3.05) is 0 Å². The molecule has 4 heteroatoms. The Morgan fingerprint density at radius 2 is 2.14 bits per heavy atom. The van der Waals surface area contributed by atoms with E-state index < -0.39 is 7.12 Å². The number of rotatable bonds is 3. The quantitative estimate of drug-likeness (QED) is 0.550. The van der Waals surface area contributed by atoms with Gasteiger partial charge in [-0.1, -0.05) is 30.3 Å². The molecule has 0 aliphatic rings. The van der Waals surface area contributed by atoms with Crippen molar-refractivity contribution in [1.82, 2.24) is 0 Å². The molecule has 72 valence electrons. The minimum absolute atomic E-state index is 0.00945. The molecule has 0 aromatic heterocycles. The molecule has 2 N–H and O–H groups in total. The first kappa shape index (κ1) is 10.7. The van der Waals surface area contributed by atoms with Gasteiger partial charge in [0.15, 0.2) is 5.78 Å². The van der Waals surface area contributed by atoms with Crippen molar-refractivity contribution in [2.24, 2.45) is 0 Å². The molecule has 0 radical (unpaired) electrons. The fourth-order valence-corrected chi connectivity index (χ4v) is 1.06. The van der Waals surface area contributed by atoms with Gasteiger partial charge in [-0.2, -0.15) is 0 Å². The van der Waals surface area contributed by atoms with E-state index in [-0.39, 0.29) is 5.78 Å². The Kier molecular flexibility index (Phi) is 3.62. The van der Waals surface area contributed by atoms with Gasteiger partial charge in [0.2, 0.25) is 0 Å². The lowest BCUT2D eigenvalue weighted by Gasteiger charge is -1.97. The zero-order chi connectivity index (χ0) is 10.6. The van der Waals surface area contributed by atoms with Crippen molar-refractivity contribution >= 4 is 19.0 Å². The number of Topliss-reactive ketones (excluding diaryl/α,β-unsaturated/α-hetero) is 1. The Hall–Kier alpha value is -1.39. The lowest BCUT2D eigenvalue weighted by Crippen LogP contribution is -2.05. The molecule has 0 amide bonds. The number of benzene rings is 1. The maximum absolute atomic E-state index is 11.0. The molecule has 0 aliphatic carbocycles. The van der Waals surface area contributed by atoms with E-state index in [4.69, 9.17) is 10.0 Å². The molecule has 0 atom stereocenters. The van der Waals surface area contributed by atoms with Gasteiger partial charge in [0, 0.05) is 5.56 Å². The third kappa shape index (κ3) is 3.16. The van der Waals surface area contributed by atoms with Gasteiger partial charge in [0.25, 0.3) is 0 Å². The van der Waals surface area contributed by atoms with Gasteiger partial charge in [-0.25, -0.2) is 0 Å². The summed E-state index contributed by atoms with van der Waals surface area (Å²) in [5.74, 6) is 1.23. The molecule has 1 rings (SSSR count). The van der Waals surface area contributed by atoms with Crippen molar-refractivity contribution in [3.05, 3.63) is 41.4 Å². The SMILES string of the molecule is CC(=O)c1cccc(C=CB(O)O)c1. The third-order valence-corrected chi connectivity index (χ3v) is 1.75. The molecule has 14 heavy (non-hydrogen) atoms. The average Bonchev–Trinajstić information content (AvgIpc) is 2.15. The number of hydrogen-bond acceptors (Lipinski definition) is 3. The molecule has 0 bridgehead atoms. The predicted molar refractivity (Wildman–Crippen MR) is 55.7 cm³/mol. The Morgan fingerprint density at radius 1 is 1.43 bits per heavy atom. The van der Waals surface area contributed by atoms with E-state index in [1.807, 2.05) is 0 Å². The highest BCUT2D eigenvalue weighted by Gasteiger charge is 2.00. The standard InChI is InChI=1S/C10H11BO3/c1-8(12)10-4-2-3-9(7-10)5-6-11(13)14/h2-7,13-14H,1H3. The maximum atomic E-state index is 11.0. The number of hydrogen-bond donors (Lipinski definition) is 2. The second kappa shape index (κ2) is 4.74. The first-order valence-corrected chi connectivity index (χ1v) is 4.25. The summed E-state index contributed by atoms with van der Waals surface area (Å²) in [6.07, 6.45) is 1.55. The lowest BCUT2D eigenvalue weighted by atomic mass is 9.90. The van der Waals surface area contributed by atoms with Crippen LogP contribution in [-0.4, -0.2) is 22.9 Å². The molecule has 3 nitrogen and oxygen atoms in total. The summed E-state index contributed by atoms with van der Waals surface area (Å²) in [4.78, 5) is 11.0. The van der Waals surface area contributed by atoms with Crippen molar-refractivity contribution in [3.8, 4) is 0 Å². The van der Waals surface area contributed by atoms with E-state index >= 15 is 0 Å². The smallest absolute Gasteiger partial charge is 0.424 e. The first-order chi connectivity index (χ1) is 6.59. The monoisotopic (exact) mass is 190 g/mol. The first-order valence-electron chi connectivity index (χ1n) is 4.25. The summed E-state index contributed by atoms with van der Waals surface area (Å²) in [6, 6.07) is 6.95. The van der Waals surface area contributed by atoms with Crippen molar-refractivity contribution in [3.63, 3.8) is 0 Å². The van der Waals surface area contributed by atoms with Crippen molar-refractivity contribution in [2.45, 2.75) is 6.92 Å². The molecule has 0 fully saturated rings. The average molecular weight is 190 g/mol. The number of carbonyl (C=O) groups excluding carboxylic acids is 1. The summed E-state index contributed by atoms with van der Waals surface area (Å²) < 4.78 is 0. The highest BCUT2D eigenvalue weighted by atomic mass is 16.4. The van der Waals surface area contributed by atoms with Gasteiger partial charge in [0.05, 0.1) is 0 Å². The second-order valence-corrected chi connectivity index (χ2v) is 2.95. The number of carbonyl (C=O) groups is 1. The largest absolute Gasteiger partial charge is 0.480 e. The van der Waals surface area contributed by atoms with Gasteiger partial charge in [0.1, 0.15) is 0 Å². The third-order valence-electron chi connectivity index (χ3n) is 1.75. The Bertz CT molecular complexity index is 358. The van der Waals surface area contributed by atoms with Crippen LogP contribution in [0.15, 0.2) is 30.2 Å². The van der Waals surface area contributed by atoms with Crippen LogP contribution in [-0.2, 0) is 0 Å². The molecule has 0 heterocycles. The molecule has 0 unspecified atom stereocenters. The zero-order valence-electron chi connectivity index (χ0n) is 7.84. The van der Waals surface area contributed by atoms with Crippen LogP contribution >= 0.6 is 0 Å². The Labute approximate surface area is 82.8 Å². The summed E-state index contributed by atoms with van der Waals surface area (Å²) in [7, 11) is -1.46. The Balaban J connectivity index is 2.89. The van der Waals surface area contributed by atoms with E-state index in [0.29, 0.717) is 5.56 Å². The van der Waals surface area contributed by atoms with Gasteiger partial charge in [-0.15, -0.1) is 0 Å². The minimum atomic E-state index is -1.46. The maximum Gasteiger partial charge on any atom is 0.480 e. The minimum Gasteiger partial charge on any atom is -0.424 e. The van der Waals surface area contributed by atoms with E-state index in [0.717, 1.165) is 5.56 Å². The van der Waals surface area contributed by atoms with E-state index in [9.17, 15) is 4.79 Å². The van der Waals surface area contributed by atoms with Crippen LogP contribution in [0.1, 0.15) is 22.8 Å². The normalized spacial score (nSPS) is 10.5. The molecular weight excluding hydrogens is 179 g/mol. The molecule has 0 saturated carbocycles. The topological polar surface area (TPSA) is 57.5 Å². The van der Waals surface area contributed by atoms with Gasteiger partial charge in [-0.3, -0.25) is 4.79 Å². The van der Waals surface area contributed by atoms with Crippen LogP contribution in [0.4, 0.5) is 0 Å². The fourth-order valence-electron chi connectivity index (χ4n) is 1.06. The summed E-state index contributed by atoms with van der Waals surface area (Å²) in [5, 5.41) is 17.2. The zero-order valence-corrected chi connectivity index (χ0v) is 7.84. The van der Waals surface area contributed by atoms with Crippen molar-refractivity contribution < 1.29 is 14.8 Å². The van der Waals surface area contributed by atoms with Gasteiger partial charge >= 0.3 is 7.12 Å². The van der Waals surface area contributed by atoms with Crippen LogP contribution in [0.5, 0.6) is 0 Å². The van der Waals surface area contributed by atoms with E-state index in [1.54, 1.807) is 30.3 Å². The predicted octanol–water partition coefficient (Wildman–Crippen LogP) is 0.914. The highest BCUT2D eigenvalue weighted by molar-refractivity contribution is 6.48. The molecule has 0 aliphatic heterocycles. The highest BCUT2D eigenvalue weighted by Crippen LogP contribution is 2.07. The molecule has 1 aromatic rings. The van der Waals surface area contributed by atoms with E-state index in [1.165, 1.54) is 12.9 Å². The van der Waals surface area contributed by atoms with Crippen LogP contribution < -0.4 is 0 Å². The second-order valence-electron chi connectivity index (χ2n) is 2.95. The van der Waals surface area contributed by atoms with Crippen molar-refractivity contribution in [1.29, 1.82) is 0 Å². The van der Waals surface area contributed by atoms with Gasteiger partial charge < -0.3 is 10.0 Å². The molecular formula is C10H11BO3. The van der Waals surface area contributed by atoms with Crippen LogP contribution in [0.25, 0.3) is 6.08 Å². The van der Waals surface area contributed by atoms with Crippen LogP contribution in [0, 0.1) is 0 Å². The summed E-state index contributed by atoms with van der Waals surface area (Å²) in [5.41, 5.74) is 1.38. The molecule has 1 aromatic carbocycles. The van der Waals surface area contributed by atoms with Crippen LogP contribution in [0.3, 0.4) is 0 Å².